The van der Waals surface area contributed by atoms with E-state index in [0.717, 1.165) is 22.6 Å². The third-order valence-corrected chi connectivity index (χ3v) is 2.99. The molecule has 0 radical (unpaired) electrons. The van der Waals surface area contributed by atoms with Gasteiger partial charge in [-0.15, -0.1) is 0 Å². The number of hydrogen-bond donors (Lipinski definition) is 1. The molecule has 0 saturated heterocycles. The highest BCUT2D eigenvalue weighted by atomic mass is 79.9. The Labute approximate surface area is 105 Å². The maximum atomic E-state index is 5.94. The van der Waals surface area contributed by atoms with E-state index in [4.69, 9.17) is 11.6 Å². The zero-order chi connectivity index (χ0) is 11.5. The first-order chi connectivity index (χ1) is 6.88. The molecule has 0 aliphatic rings. The Morgan fingerprint density at radius 2 is 2.00 bits per heavy atom. The SMILES string of the molecule is CC(C)(C)CNCc1cc(Cl)ccc1Br. The predicted octanol–water partition coefficient (Wildman–Crippen LogP) is 4.24. The average molecular weight is 291 g/mol. The van der Waals surface area contributed by atoms with Gasteiger partial charge >= 0.3 is 0 Å². The molecule has 0 aliphatic heterocycles. The molecular weight excluding hydrogens is 273 g/mol. The van der Waals surface area contributed by atoms with Gasteiger partial charge in [-0.2, -0.15) is 0 Å². The fourth-order valence-corrected chi connectivity index (χ4v) is 1.83. The molecule has 1 N–H and O–H groups in total. The Kier molecular flexibility index (Phi) is 4.63. The summed E-state index contributed by atoms with van der Waals surface area (Å²) >= 11 is 9.45. The van der Waals surface area contributed by atoms with Crippen molar-refractivity contribution in [2.45, 2.75) is 27.3 Å². The predicted molar refractivity (Wildman–Crippen MR) is 70.3 cm³/mol. The molecule has 1 nitrogen and oxygen atoms in total. The molecular formula is C12H17BrClN. The Hall–Kier alpha value is -0.0500. The van der Waals surface area contributed by atoms with Gasteiger partial charge in [0.25, 0.3) is 0 Å². The van der Waals surface area contributed by atoms with E-state index in [1.807, 2.05) is 18.2 Å². The molecule has 0 amide bonds. The van der Waals surface area contributed by atoms with Crippen molar-refractivity contribution in [2.24, 2.45) is 5.41 Å². The van der Waals surface area contributed by atoms with Crippen LogP contribution in [-0.2, 0) is 6.54 Å². The number of nitrogens with one attached hydrogen (secondary N) is 1. The highest BCUT2D eigenvalue weighted by Gasteiger charge is 2.09. The monoisotopic (exact) mass is 289 g/mol. The largest absolute Gasteiger partial charge is 0.312 e. The Morgan fingerprint density at radius 1 is 1.33 bits per heavy atom. The van der Waals surface area contributed by atoms with E-state index in [1.54, 1.807) is 0 Å². The molecule has 0 fully saturated rings. The quantitative estimate of drug-likeness (QED) is 0.878. The van der Waals surface area contributed by atoms with Crippen LogP contribution in [-0.4, -0.2) is 6.54 Å². The smallest absolute Gasteiger partial charge is 0.0410 e. The minimum Gasteiger partial charge on any atom is -0.312 e. The van der Waals surface area contributed by atoms with Crippen LogP contribution in [0.4, 0.5) is 0 Å². The van der Waals surface area contributed by atoms with Gasteiger partial charge in [-0.1, -0.05) is 48.3 Å². The van der Waals surface area contributed by atoms with Gasteiger partial charge in [0, 0.05) is 22.6 Å². The molecule has 3 heteroatoms. The van der Waals surface area contributed by atoms with E-state index in [1.165, 1.54) is 5.56 Å². The number of halogens is 2. The molecule has 1 aromatic carbocycles. The molecule has 0 bridgehead atoms. The van der Waals surface area contributed by atoms with Crippen LogP contribution in [0.2, 0.25) is 5.02 Å². The van der Waals surface area contributed by atoms with Gasteiger partial charge < -0.3 is 5.32 Å². The van der Waals surface area contributed by atoms with Crippen LogP contribution < -0.4 is 5.32 Å². The summed E-state index contributed by atoms with van der Waals surface area (Å²) in [5, 5.41) is 4.20. The van der Waals surface area contributed by atoms with Gasteiger partial charge in [0.2, 0.25) is 0 Å². The average Bonchev–Trinajstić information content (AvgIpc) is 2.09. The lowest BCUT2D eigenvalue weighted by molar-refractivity contribution is 0.379. The lowest BCUT2D eigenvalue weighted by atomic mass is 9.97. The fraction of sp³-hybridized carbons (Fsp3) is 0.500. The van der Waals surface area contributed by atoms with E-state index in [9.17, 15) is 0 Å². The summed E-state index contributed by atoms with van der Waals surface area (Å²) in [6.07, 6.45) is 0. The van der Waals surface area contributed by atoms with Crippen LogP contribution in [0.3, 0.4) is 0 Å². The third-order valence-electron chi connectivity index (χ3n) is 1.98. The summed E-state index contributed by atoms with van der Waals surface area (Å²) in [5.74, 6) is 0. The summed E-state index contributed by atoms with van der Waals surface area (Å²) in [5.41, 5.74) is 1.51. The van der Waals surface area contributed by atoms with E-state index in [-0.39, 0.29) is 0 Å². The number of hydrogen-bond acceptors (Lipinski definition) is 1. The van der Waals surface area contributed by atoms with Gasteiger partial charge in [0.1, 0.15) is 0 Å². The zero-order valence-electron chi connectivity index (χ0n) is 9.40. The van der Waals surface area contributed by atoms with Gasteiger partial charge in [-0.3, -0.25) is 0 Å². The zero-order valence-corrected chi connectivity index (χ0v) is 11.7. The van der Waals surface area contributed by atoms with Crippen molar-refractivity contribution in [1.29, 1.82) is 0 Å². The van der Waals surface area contributed by atoms with E-state index in [0.29, 0.717) is 5.41 Å². The first kappa shape index (κ1) is 13.0. The van der Waals surface area contributed by atoms with Crippen molar-refractivity contribution >= 4 is 27.5 Å². The number of benzene rings is 1. The van der Waals surface area contributed by atoms with Crippen LogP contribution in [0, 0.1) is 5.41 Å². The van der Waals surface area contributed by atoms with E-state index >= 15 is 0 Å². The Morgan fingerprint density at radius 3 is 2.60 bits per heavy atom. The van der Waals surface area contributed by atoms with Crippen LogP contribution in [0.25, 0.3) is 0 Å². The second-order valence-electron chi connectivity index (χ2n) is 4.90. The summed E-state index contributed by atoms with van der Waals surface area (Å²) < 4.78 is 1.10. The standard InChI is InChI=1S/C12H17BrClN/c1-12(2,3)8-15-7-9-6-10(14)4-5-11(9)13/h4-6,15H,7-8H2,1-3H3. The lowest BCUT2D eigenvalue weighted by Gasteiger charge is -2.19. The van der Waals surface area contributed by atoms with Gasteiger partial charge in [-0.05, 0) is 29.2 Å². The molecule has 0 atom stereocenters. The highest BCUT2D eigenvalue weighted by Crippen LogP contribution is 2.21. The molecule has 1 rings (SSSR count). The second-order valence-corrected chi connectivity index (χ2v) is 6.19. The van der Waals surface area contributed by atoms with Crippen molar-refractivity contribution in [3.05, 3.63) is 33.3 Å². The fourth-order valence-electron chi connectivity index (χ4n) is 1.25. The molecule has 0 aliphatic carbocycles. The summed E-state index contributed by atoms with van der Waals surface area (Å²) in [4.78, 5) is 0. The lowest BCUT2D eigenvalue weighted by Crippen LogP contribution is -2.26. The topological polar surface area (TPSA) is 12.0 Å². The van der Waals surface area contributed by atoms with Crippen molar-refractivity contribution in [2.75, 3.05) is 6.54 Å². The van der Waals surface area contributed by atoms with E-state index < -0.39 is 0 Å². The maximum absolute atomic E-state index is 5.94. The first-order valence-electron chi connectivity index (χ1n) is 5.03. The molecule has 0 heterocycles. The summed E-state index contributed by atoms with van der Waals surface area (Å²) in [6.45, 7) is 8.48. The molecule has 0 aromatic heterocycles. The Bertz CT molecular complexity index is 331. The first-order valence-corrected chi connectivity index (χ1v) is 6.20. The van der Waals surface area contributed by atoms with Crippen molar-refractivity contribution in [3.63, 3.8) is 0 Å². The molecule has 1 aromatic rings. The van der Waals surface area contributed by atoms with Crippen LogP contribution in [0.5, 0.6) is 0 Å². The van der Waals surface area contributed by atoms with E-state index in [2.05, 4.69) is 42.0 Å². The molecule has 0 unspecified atom stereocenters. The normalized spacial score (nSPS) is 11.8. The highest BCUT2D eigenvalue weighted by molar-refractivity contribution is 9.10. The third kappa shape index (κ3) is 5.01. The molecule has 0 spiro atoms. The van der Waals surface area contributed by atoms with Gasteiger partial charge in [0.15, 0.2) is 0 Å². The molecule has 15 heavy (non-hydrogen) atoms. The van der Waals surface area contributed by atoms with Crippen LogP contribution in [0.15, 0.2) is 22.7 Å². The molecule has 84 valence electrons. The number of rotatable bonds is 3. The minimum atomic E-state index is 0.311. The van der Waals surface area contributed by atoms with Crippen LogP contribution in [0.1, 0.15) is 26.3 Å². The summed E-state index contributed by atoms with van der Waals surface area (Å²) in [7, 11) is 0. The Balaban J connectivity index is 2.54. The van der Waals surface area contributed by atoms with Crippen molar-refractivity contribution in [3.8, 4) is 0 Å². The van der Waals surface area contributed by atoms with Gasteiger partial charge in [-0.25, -0.2) is 0 Å². The van der Waals surface area contributed by atoms with Gasteiger partial charge in [0.05, 0.1) is 0 Å². The summed E-state index contributed by atoms with van der Waals surface area (Å²) in [6, 6.07) is 5.86. The van der Waals surface area contributed by atoms with Crippen LogP contribution >= 0.6 is 27.5 Å². The minimum absolute atomic E-state index is 0.311. The maximum Gasteiger partial charge on any atom is 0.0410 e. The van der Waals surface area contributed by atoms with Crippen molar-refractivity contribution in [1.82, 2.24) is 5.32 Å². The second kappa shape index (κ2) is 5.33. The van der Waals surface area contributed by atoms with Crippen molar-refractivity contribution < 1.29 is 0 Å². The molecule has 0 saturated carbocycles.